The molecule has 0 amide bonds. The van der Waals surface area contributed by atoms with Gasteiger partial charge in [-0.15, -0.1) is 0 Å². The molecule has 1 N–H and O–H groups in total. The van der Waals surface area contributed by atoms with Gasteiger partial charge in [-0.3, -0.25) is 0 Å². The molecule has 94 valence electrons. The molecule has 0 atom stereocenters. The molecule has 1 fully saturated rings. The molecule has 1 aliphatic rings. The Morgan fingerprint density at radius 2 is 2.06 bits per heavy atom. The lowest BCUT2D eigenvalue weighted by Crippen LogP contribution is -2.33. The Morgan fingerprint density at radius 3 is 2.59 bits per heavy atom. The topological polar surface area (TPSA) is 37.8 Å². The molecular formula is C13H20ClN3. The minimum absolute atomic E-state index is 0.441. The molecule has 0 radical (unpaired) electrons. The number of hydrogen-bond acceptors (Lipinski definition) is 3. The Morgan fingerprint density at radius 1 is 1.35 bits per heavy atom. The summed E-state index contributed by atoms with van der Waals surface area (Å²) in [5, 5.41) is 4.00. The highest BCUT2D eigenvalue weighted by atomic mass is 35.5. The molecule has 3 nitrogen and oxygen atoms in total. The van der Waals surface area contributed by atoms with Gasteiger partial charge in [0.2, 0.25) is 0 Å². The highest BCUT2D eigenvalue weighted by molar-refractivity contribution is 6.30. The molecule has 0 unspecified atom stereocenters. The second kappa shape index (κ2) is 4.81. The van der Waals surface area contributed by atoms with Gasteiger partial charge in [-0.2, -0.15) is 0 Å². The highest BCUT2D eigenvalue weighted by Gasteiger charge is 2.31. The van der Waals surface area contributed by atoms with Gasteiger partial charge in [0.1, 0.15) is 16.8 Å². The summed E-state index contributed by atoms with van der Waals surface area (Å²) in [6.45, 7) is 7.30. The normalized spacial score (nSPS) is 17.6. The standard InChI is InChI=1S/C13H20ClN3/c1-4-10-16-11(14)9(2)12(17-10)15-8-13(3)6-5-7-13/h4-8H2,1-3H3,(H,15,16,17). The molecule has 0 aliphatic heterocycles. The van der Waals surface area contributed by atoms with Crippen LogP contribution in [0.5, 0.6) is 0 Å². The summed E-state index contributed by atoms with van der Waals surface area (Å²) >= 11 is 6.10. The zero-order valence-electron chi connectivity index (χ0n) is 10.8. The quantitative estimate of drug-likeness (QED) is 0.833. The number of nitrogens with zero attached hydrogens (tertiary/aromatic N) is 2. The van der Waals surface area contributed by atoms with Crippen LogP contribution in [0.25, 0.3) is 0 Å². The first kappa shape index (κ1) is 12.6. The maximum absolute atomic E-state index is 6.10. The summed E-state index contributed by atoms with van der Waals surface area (Å²) in [6, 6.07) is 0. The third-order valence-corrected chi connectivity index (χ3v) is 4.06. The summed E-state index contributed by atoms with van der Waals surface area (Å²) in [4.78, 5) is 8.75. The van der Waals surface area contributed by atoms with Gasteiger partial charge in [-0.05, 0) is 25.2 Å². The molecule has 4 heteroatoms. The summed E-state index contributed by atoms with van der Waals surface area (Å²) in [6.07, 6.45) is 4.77. The number of rotatable bonds is 4. The first-order chi connectivity index (χ1) is 8.04. The van der Waals surface area contributed by atoms with E-state index >= 15 is 0 Å². The Labute approximate surface area is 108 Å². The fourth-order valence-corrected chi connectivity index (χ4v) is 2.30. The number of halogens is 1. The van der Waals surface area contributed by atoms with Crippen LogP contribution in [0.3, 0.4) is 0 Å². The van der Waals surface area contributed by atoms with Crippen LogP contribution in [-0.2, 0) is 6.42 Å². The predicted molar refractivity (Wildman–Crippen MR) is 71.6 cm³/mol. The van der Waals surface area contributed by atoms with Crippen LogP contribution in [0, 0.1) is 12.3 Å². The summed E-state index contributed by atoms with van der Waals surface area (Å²) in [7, 11) is 0. The van der Waals surface area contributed by atoms with Crippen molar-refractivity contribution in [3.8, 4) is 0 Å². The van der Waals surface area contributed by atoms with Gasteiger partial charge < -0.3 is 5.32 Å². The molecule has 0 spiro atoms. The van der Waals surface area contributed by atoms with E-state index in [2.05, 4.69) is 22.2 Å². The van der Waals surface area contributed by atoms with Gasteiger partial charge in [-0.1, -0.05) is 31.9 Å². The van der Waals surface area contributed by atoms with Crippen molar-refractivity contribution in [2.24, 2.45) is 5.41 Å². The van der Waals surface area contributed by atoms with Crippen LogP contribution in [0.15, 0.2) is 0 Å². The number of hydrogen-bond donors (Lipinski definition) is 1. The molecule has 2 rings (SSSR count). The molecular weight excluding hydrogens is 234 g/mol. The molecule has 0 saturated heterocycles. The maximum Gasteiger partial charge on any atom is 0.137 e. The van der Waals surface area contributed by atoms with Crippen LogP contribution < -0.4 is 5.32 Å². The van der Waals surface area contributed by atoms with E-state index in [0.717, 1.165) is 30.2 Å². The average Bonchev–Trinajstić information content (AvgIpc) is 2.28. The average molecular weight is 254 g/mol. The maximum atomic E-state index is 6.10. The van der Waals surface area contributed by atoms with E-state index in [9.17, 15) is 0 Å². The van der Waals surface area contributed by atoms with Crippen molar-refractivity contribution in [2.45, 2.75) is 46.5 Å². The van der Waals surface area contributed by atoms with Gasteiger partial charge in [0.25, 0.3) is 0 Å². The van der Waals surface area contributed by atoms with Crippen molar-refractivity contribution in [3.63, 3.8) is 0 Å². The van der Waals surface area contributed by atoms with Crippen LogP contribution in [0.4, 0.5) is 5.82 Å². The minimum atomic E-state index is 0.441. The van der Waals surface area contributed by atoms with Crippen LogP contribution in [-0.4, -0.2) is 16.5 Å². The molecule has 17 heavy (non-hydrogen) atoms. The van der Waals surface area contributed by atoms with Crippen LogP contribution in [0.1, 0.15) is 44.5 Å². The van der Waals surface area contributed by atoms with Crippen molar-refractivity contribution in [1.29, 1.82) is 0 Å². The Kier molecular flexibility index (Phi) is 3.57. The Bertz CT molecular complexity index is 413. The van der Waals surface area contributed by atoms with Crippen LogP contribution in [0.2, 0.25) is 5.15 Å². The third-order valence-electron chi connectivity index (χ3n) is 3.69. The second-order valence-corrected chi connectivity index (χ2v) is 5.63. The lowest BCUT2D eigenvalue weighted by molar-refractivity contribution is 0.179. The van der Waals surface area contributed by atoms with Gasteiger partial charge in [0, 0.05) is 18.5 Å². The van der Waals surface area contributed by atoms with Crippen LogP contribution >= 0.6 is 11.6 Å². The zero-order chi connectivity index (χ0) is 12.5. The van der Waals surface area contributed by atoms with Crippen molar-refractivity contribution in [3.05, 3.63) is 16.5 Å². The van der Waals surface area contributed by atoms with E-state index in [-0.39, 0.29) is 0 Å². The number of aryl methyl sites for hydroxylation is 1. The second-order valence-electron chi connectivity index (χ2n) is 5.28. The lowest BCUT2D eigenvalue weighted by atomic mass is 9.70. The smallest absolute Gasteiger partial charge is 0.137 e. The van der Waals surface area contributed by atoms with Crippen molar-refractivity contribution < 1.29 is 0 Å². The van der Waals surface area contributed by atoms with Crippen molar-refractivity contribution in [1.82, 2.24) is 9.97 Å². The third kappa shape index (κ3) is 2.71. The molecule has 1 heterocycles. The lowest BCUT2D eigenvalue weighted by Gasteiger charge is -2.38. The molecule has 0 bridgehead atoms. The molecule has 0 aromatic carbocycles. The predicted octanol–water partition coefficient (Wildman–Crippen LogP) is 3.60. The van der Waals surface area contributed by atoms with E-state index in [1.807, 2.05) is 13.8 Å². The van der Waals surface area contributed by atoms with Gasteiger partial charge in [0.15, 0.2) is 0 Å². The molecule has 1 aromatic heterocycles. The Balaban J connectivity index is 2.11. The summed E-state index contributed by atoms with van der Waals surface area (Å²) < 4.78 is 0. The van der Waals surface area contributed by atoms with E-state index < -0.39 is 0 Å². The van der Waals surface area contributed by atoms with Crippen molar-refractivity contribution >= 4 is 17.4 Å². The van der Waals surface area contributed by atoms with E-state index in [1.54, 1.807) is 0 Å². The van der Waals surface area contributed by atoms with E-state index in [4.69, 9.17) is 11.6 Å². The largest absolute Gasteiger partial charge is 0.369 e. The Hall–Kier alpha value is -0.830. The van der Waals surface area contributed by atoms with E-state index in [0.29, 0.717) is 10.6 Å². The number of anilines is 1. The number of aromatic nitrogens is 2. The molecule has 1 aromatic rings. The first-order valence-electron chi connectivity index (χ1n) is 6.31. The SMILES string of the molecule is CCc1nc(Cl)c(C)c(NCC2(C)CCC2)n1. The minimum Gasteiger partial charge on any atom is -0.369 e. The zero-order valence-corrected chi connectivity index (χ0v) is 11.6. The van der Waals surface area contributed by atoms with Crippen molar-refractivity contribution in [2.75, 3.05) is 11.9 Å². The fraction of sp³-hybridized carbons (Fsp3) is 0.692. The van der Waals surface area contributed by atoms with E-state index in [1.165, 1.54) is 19.3 Å². The molecule has 1 saturated carbocycles. The van der Waals surface area contributed by atoms with Gasteiger partial charge in [0.05, 0.1) is 0 Å². The van der Waals surface area contributed by atoms with Gasteiger partial charge >= 0.3 is 0 Å². The van der Waals surface area contributed by atoms with Gasteiger partial charge in [-0.25, -0.2) is 9.97 Å². The first-order valence-corrected chi connectivity index (χ1v) is 6.69. The number of nitrogens with one attached hydrogen (secondary N) is 1. The molecule has 1 aliphatic carbocycles. The highest BCUT2D eigenvalue weighted by Crippen LogP contribution is 2.40. The monoisotopic (exact) mass is 253 g/mol. The summed E-state index contributed by atoms with van der Waals surface area (Å²) in [5.74, 6) is 1.71. The summed E-state index contributed by atoms with van der Waals surface area (Å²) in [5.41, 5.74) is 1.39. The fourth-order valence-electron chi connectivity index (χ4n) is 2.12.